The van der Waals surface area contributed by atoms with Gasteiger partial charge in [-0.25, -0.2) is 0 Å². The van der Waals surface area contributed by atoms with Crippen LogP contribution in [0.15, 0.2) is 42.5 Å². The van der Waals surface area contributed by atoms with Gasteiger partial charge in [0.05, 0.1) is 6.54 Å². The molecule has 0 fully saturated rings. The van der Waals surface area contributed by atoms with Gasteiger partial charge in [0.2, 0.25) is 11.8 Å². The average Bonchev–Trinajstić information content (AvgIpc) is 2.62. The average molecular weight is 367 g/mol. The zero-order valence-corrected chi connectivity index (χ0v) is 16.6. The van der Waals surface area contributed by atoms with Gasteiger partial charge in [0.15, 0.2) is 0 Å². The highest BCUT2D eigenvalue weighted by Crippen LogP contribution is 2.21. The molecule has 27 heavy (non-hydrogen) atoms. The van der Waals surface area contributed by atoms with E-state index in [0.717, 1.165) is 34.6 Å². The van der Waals surface area contributed by atoms with Crippen molar-refractivity contribution in [2.75, 3.05) is 22.5 Å². The fourth-order valence-corrected chi connectivity index (χ4v) is 2.82. The molecule has 0 aliphatic heterocycles. The lowest BCUT2D eigenvalue weighted by Gasteiger charge is -2.14. The van der Waals surface area contributed by atoms with E-state index in [-0.39, 0.29) is 18.4 Å². The highest BCUT2D eigenvalue weighted by Gasteiger charge is 2.09. The summed E-state index contributed by atoms with van der Waals surface area (Å²) in [5.74, 6) is 0.245. The van der Waals surface area contributed by atoms with E-state index < -0.39 is 0 Å². The number of anilines is 3. The Morgan fingerprint density at radius 3 is 2.22 bits per heavy atom. The quantitative estimate of drug-likeness (QED) is 0.639. The smallest absolute Gasteiger partial charge is 0.243 e. The van der Waals surface area contributed by atoms with Crippen molar-refractivity contribution >= 4 is 28.9 Å². The first-order valence-electron chi connectivity index (χ1n) is 9.41. The molecule has 0 aliphatic carbocycles. The lowest BCUT2D eigenvalue weighted by Crippen LogP contribution is -2.23. The van der Waals surface area contributed by atoms with Crippen molar-refractivity contribution in [1.29, 1.82) is 0 Å². The van der Waals surface area contributed by atoms with Gasteiger partial charge >= 0.3 is 0 Å². The van der Waals surface area contributed by atoms with Gasteiger partial charge in [0.1, 0.15) is 0 Å². The van der Waals surface area contributed by atoms with Crippen LogP contribution in [0.4, 0.5) is 17.1 Å². The molecule has 2 aromatic rings. The summed E-state index contributed by atoms with van der Waals surface area (Å²) in [7, 11) is 0. The molecule has 5 heteroatoms. The highest BCUT2D eigenvalue weighted by atomic mass is 16.2. The Bertz CT molecular complexity index is 783. The van der Waals surface area contributed by atoms with Crippen molar-refractivity contribution in [2.45, 2.75) is 40.5 Å². The Balaban J connectivity index is 1.88. The molecule has 0 saturated heterocycles. The standard InChI is InChI=1S/C22H29N3O2/c1-5-17-8-6-7-16(4)22(17)25-21(27)14-23-18-9-11-19(12-10-18)24-20(26)13-15(2)3/h6-12,15,23H,5,13-14H2,1-4H3,(H,24,26)(H,25,27). The van der Waals surface area contributed by atoms with Crippen LogP contribution in [-0.4, -0.2) is 18.4 Å². The van der Waals surface area contributed by atoms with Gasteiger partial charge in [0.25, 0.3) is 0 Å². The Hall–Kier alpha value is -2.82. The minimum absolute atomic E-state index is 0.00930. The van der Waals surface area contributed by atoms with Gasteiger partial charge in [0, 0.05) is 23.5 Å². The van der Waals surface area contributed by atoms with Crippen molar-refractivity contribution in [2.24, 2.45) is 5.92 Å². The number of benzene rings is 2. The normalized spacial score (nSPS) is 10.6. The second-order valence-electron chi connectivity index (χ2n) is 7.09. The van der Waals surface area contributed by atoms with Gasteiger partial charge in [-0.2, -0.15) is 0 Å². The van der Waals surface area contributed by atoms with E-state index in [9.17, 15) is 9.59 Å². The first-order valence-corrected chi connectivity index (χ1v) is 9.41. The molecule has 5 nitrogen and oxygen atoms in total. The number of amides is 2. The summed E-state index contributed by atoms with van der Waals surface area (Å²) in [5, 5.41) is 8.98. The lowest BCUT2D eigenvalue weighted by molar-refractivity contribution is -0.117. The maximum Gasteiger partial charge on any atom is 0.243 e. The van der Waals surface area contributed by atoms with Crippen molar-refractivity contribution in [3.63, 3.8) is 0 Å². The molecule has 3 N–H and O–H groups in total. The predicted molar refractivity (Wildman–Crippen MR) is 112 cm³/mol. The molecule has 0 heterocycles. The van der Waals surface area contributed by atoms with Gasteiger partial charge < -0.3 is 16.0 Å². The molecule has 2 rings (SSSR count). The Morgan fingerprint density at radius 2 is 1.59 bits per heavy atom. The topological polar surface area (TPSA) is 70.2 Å². The van der Waals surface area contributed by atoms with E-state index >= 15 is 0 Å². The van der Waals surface area contributed by atoms with Crippen LogP contribution in [0.5, 0.6) is 0 Å². The largest absolute Gasteiger partial charge is 0.376 e. The second-order valence-corrected chi connectivity index (χ2v) is 7.09. The molecule has 0 aromatic heterocycles. The van der Waals surface area contributed by atoms with Crippen LogP contribution >= 0.6 is 0 Å². The first kappa shape index (κ1) is 20.5. The van der Waals surface area contributed by atoms with E-state index in [0.29, 0.717) is 12.3 Å². The van der Waals surface area contributed by atoms with Crippen LogP contribution in [0.2, 0.25) is 0 Å². The number of hydrogen-bond acceptors (Lipinski definition) is 3. The Kier molecular flexibility index (Phi) is 7.41. The van der Waals surface area contributed by atoms with E-state index in [1.807, 2.05) is 63.2 Å². The molecule has 0 unspecified atom stereocenters. The maximum absolute atomic E-state index is 12.3. The van der Waals surface area contributed by atoms with E-state index in [4.69, 9.17) is 0 Å². The fourth-order valence-electron chi connectivity index (χ4n) is 2.82. The lowest BCUT2D eigenvalue weighted by atomic mass is 10.1. The van der Waals surface area contributed by atoms with E-state index in [2.05, 4.69) is 22.9 Å². The van der Waals surface area contributed by atoms with Crippen LogP contribution in [-0.2, 0) is 16.0 Å². The minimum Gasteiger partial charge on any atom is -0.376 e. The highest BCUT2D eigenvalue weighted by molar-refractivity contribution is 5.95. The Morgan fingerprint density at radius 1 is 0.926 bits per heavy atom. The molecular weight excluding hydrogens is 338 g/mol. The molecular formula is C22H29N3O2. The number of hydrogen-bond donors (Lipinski definition) is 3. The number of carbonyl (C=O) groups is 2. The first-order chi connectivity index (χ1) is 12.9. The number of nitrogens with one attached hydrogen (secondary N) is 3. The molecule has 0 aliphatic rings. The van der Waals surface area contributed by atoms with Crippen molar-refractivity contribution in [3.05, 3.63) is 53.6 Å². The van der Waals surface area contributed by atoms with Gasteiger partial charge in [-0.15, -0.1) is 0 Å². The van der Waals surface area contributed by atoms with Gasteiger partial charge in [-0.3, -0.25) is 9.59 Å². The summed E-state index contributed by atoms with van der Waals surface area (Å²) in [5.41, 5.74) is 4.67. The summed E-state index contributed by atoms with van der Waals surface area (Å²) < 4.78 is 0. The molecule has 0 bridgehead atoms. The number of rotatable bonds is 8. The number of carbonyl (C=O) groups excluding carboxylic acids is 2. The minimum atomic E-state index is -0.0895. The SMILES string of the molecule is CCc1cccc(C)c1NC(=O)CNc1ccc(NC(=O)CC(C)C)cc1. The third kappa shape index (κ3) is 6.44. The third-order valence-corrected chi connectivity index (χ3v) is 4.22. The summed E-state index contributed by atoms with van der Waals surface area (Å²) in [6.07, 6.45) is 1.37. The maximum atomic E-state index is 12.3. The number of aryl methyl sites for hydroxylation is 2. The summed E-state index contributed by atoms with van der Waals surface area (Å²) in [6, 6.07) is 13.4. The molecule has 2 aromatic carbocycles. The third-order valence-electron chi connectivity index (χ3n) is 4.22. The Labute approximate surface area is 161 Å². The molecule has 0 saturated carbocycles. The molecule has 0 atom stereocenters. The van der Waals surface area contributed by atoms with Gasteiger partial charge in [-0.05, 0) is 54.7 Å². The number of para-hydroxylation sites is 1. The summed E-state index contributed by atoms with van der Waals surface area (Å²) in [6.45, 7) is 8.27. The summed E-state index contributed by atoms with van der Waals surface area (Å²) in [4.78, 5) is 24.1. The van der Waals surface area contributed by atoms with Crippen LogP contribution < -0.4 is 16.0 Å². The zero-order chi connectivity index (χ0) is 19.8. The van der Waals surface area contributed by atoms with Crippen molar-refractivity contribution < 1.29 is 9.59 Å². The molecule has 0 radical (unpaired) electrons. The van der Waals surface area contributed by atoms with Crippen LogP contribution in [0.25, 0.3) is 0 Å². The molecule has 2 amide bonds. The van der Waals surface area contributed by atoms with Crippen LogP contribution in [0, 0.1) is 12.8 Å². The second kappa shape index (κ2) is 9.76. The predicted octanol–water partition coefficient (Wildman–Crippen LogP) is 4.59. The monoisotopic (exact) mass is 367 g/mol. The molecule has 144 valence electrons. The van der Waals surface area contributed by atoms with Crippen LogP contribution in [0.3, 0.4) is 0 Å². The van der Waals surface area contributed by atoms with E-state index in [1.54, 1.807) is 0 Å². The van der Waals surface area contributed by atoms with E-state index in [1.165, 1.54) is 0 Å². The fraction of sp³-hybridized carbons (Fsp3) is 0.364. The van der Waals surface area contributed by atoms with Crippen LogP contribution in [0.1, 0.15) is 38.3 Å². The van der Waals surface area contributed by atoms with Crippen molar-refractivity contribution in [3.8, 4) is 0 Å². The van der Waals surface area contributed by atoms with Gasteiger partial charge in [-0.1, -0.05) is 39.0 Å². The molecule has 0 spiro atoms. The van der Waals surface area contributed by atoms with Crippen molar-refractivity contribution in [1.82, 2.24) is 0 Å². The zero-order valence-electron chi connectivity index (χ0n) is 16.6. The summed E-state index contributed by atoms with van der Waals surface area (Å²) >= 11 is 0.